The molecule has 3 saturated heterocycles. The van der Waals surface area contributed by atoms with E-state index in [1.54, 1.807) is 11.8 Å². The van der Waals surface area contributed by atoms with Crippen LogP contribution in [-0.4, -0.2) is 79.2 Å². The second kappa shape index (κ2) is 10.3. The van der Waals surface area contributed by atoms with E-state index < -0.39 is 0 Å². The molecule has 8 nitrogen and oxygen atoms in total. The molecule has 0 aromatic rings. The number of esters is 1. The lowest BCUT2D eigenvalue weighted by Gasteiger charge is -2.46. The molecule has 1 N–H and O–H groups in total. The van der Waals surface area contributed by atoms with Gasteiger partial charge in [0.05, 0.1) is 18.6 Å². The highest BCUT2D eigenvalue weighted by Gasteiger charge is 2.41. The number of urea groups is 1. The van der Waals surface area contributed by atoms with Crippen LogP contribution in [0.5, 0.6) is 0 Å². The van der Waals surface area contributed by atoms with Crippen LogP contribution in [0, 0.1) is 5.92 Å². The Hall–Kier alpha value is -1.83. The van der Waals surface area contributed by atoms with Gasteiger partial charge in [0.15, 0.2) is 0 Å². The number of carbonyl (C=O) groups excluding carboxylic acids is 3. The Labute approximate surface area is 173 Å². The van der Waals surface area contributed by atoms with E-state index in [4.69, 9.17) is 9.47 Å². The standard InChI is InChI=1S/C21H35N3O5/c1-2-28-19(26)5-9-22-20(27)24-12-7-21(8-13-24)16-17(6-14-29-21)15-18(25)23-10-3-4-11-23/h17H,2-16H2,1H3,(H,22,27). The highest BCUT2D eigenvalue weighted by molar-refractivity contribution is 5.77. The predicted octanol–water partition coefficient (Wildman–Crippen LogP) is 1.92. The smallest absolute Gasteiger partial charge is 0.317 e. The van der Waals surface area contributed by atoms with Crippen molar-refractivity contribution in [2.24, 2.45) is 5.92 Å². The van der Waals surface area contributed by atoms with Crippen LogP contribution in [0.4, 0.5) is 4.79 Å². The van der Waals surface area contributed by atoms with Gasteiger partial charge in [-0.15, -0.1) is 0 Å². The van der Waals surface area contributed by atoms with E-state index in [-0.39, 0.29) is 30.6 Å². The van der Waals surface area contributed by atoms with Gasteiger partial charge < -0.3 is 24.6 Å². The molecule has 1 spiro atoms. The van der Waals surface area contributed by atoms with Crippen molar-refractivity contribution in [3.05, 3.63) is 0 Å². The fraction of sp³-hybridized carbons (Fsp3) is 0.857. The molecular weight excluding hydrogens is 374 g/mol. The largest absolute Gasteiger partial charge is 0.466 e. The van der Waals surface area contributed by atoms with Crippen molar-refractivity contribution in [3.63, 3.8) is 0 Å². The van der Waals surface area contributed by atoms with Crippen LogP contribution in [0.1, 0.15) is 58.3 Å². The van der Waals surface area contributed by atoms with Crippen LogP contribution in [-0.2, 0) is 19.1 Å². The maximum absolute atomic E-state index is 12.5. The molecule has 164 valence electrons. The lowest BCUT2D eigenvalue weighted by molar-refractivity contribution is -0.143. The average molecular weight is 410 g/mol. The monoisotopic (exact) mass is 409 g/mol. The first-order valence-electron chi connectivity index (χ1n) is 11.1. The zero-order valence-corrected chi connectivity index (χ0v) is 17.6. The molecule has 3 aliphatic rings. The number of rotatable bonds is 6. The molecule has 8 heteroatoms. The molecule has 0 radical (unpaired) electrons. The number of piperidine rings is 1. The number of hydrogen-bond donors (Lipinski definition) is 1. The summed E-state index contributed by atoms with van der Waals surface area (Å²) in [5.41, 5.74) is -0.198. The van der Waals surface area contributed by atoms with Crippen molar-refractivity contribution in [2.75, 3.05) is 45.9 Å². The summed E-state index contributed by atoms with van der Waals surface area (Å²) < 4.78 is 11.0. The molecule has 3 heterocycles. The van der Waals surface area contributed by atoms with E-state index in [2.05, 4.69) is 5.32 Å². The summed E-state index contributed by atoms with van der Waals surface area (Å²) in [6, 6.07) is -0.138. The number of carbonyl (C=O) groups is 3. The minimum atomic E-state index is -0.296. The first kappa shape index (κ1) is 21.9. The van der Waals surface area contributed by atoms with E-state index in [1.807, 2.05) is 4.90 Å². The Morgan fingerprint density at radius 3 is 2.52 bits per heavy atom. The second-order valence-electron chi connectivity index (χ2n) is 8.46. The Kier molecular flexibility index (Phi) is 7.75. The van der Waals surface area contributed by atoms with Crippen LogP contribution in [0.25, 0.3) is 0 Å². The fourth-order valence-corrected chi connectivity index (χ4v) is 4.73. The molecular formula is C21H35N3O5. The minimum Gasteiger partial charge on any atom is -0.466 e. The topological polar surface area (TPSA) is 88.2 Å². The molecule has 0 aromatic heterocycles. The van der Waals surface area contributed by atoms with Crippen LogP contribution in [0.3, 0.4) is 0 Å². The Morgan fingerprint density at radius 1 is 1.10 bits per heavy atom. The third-order valence-electron chi connectivity index (χ3n) is 6.39. The third kappa shape index (κ3) is 6.07. The van der Waals surface area contributed by atoms with E-state index in [1.165, 1.54) is 0 Å². The van der Waals surface area contributed by atoms with Gasteiger partial charge in [-0.3, -0.25) is 9.59 Å². The van der Waals surface area contributed by atoms with Crippen molar-refractivity contribution >= 4 is 17.9 Å². The van der Waals surface area contributed by atoms with Gasteiger partial charge in [-0.05, 0) is 51.4 Å². The summed E-state index contributed by atoms with van der Waals surface area (Å²) in [4.78, 5) is 40.0. The molecule has 3 amide bonds. The first-order valence-corrected chi connectivity index (χ1v) is 11.1. The van der Waals surface area contributed by atoms with Gasteiger partial charge in [0.25, 0.3) is 0 Å². The molecule has 0 aromatic carbocycles. The summed E-state index contributed by atoms with van der Waals surface area (Å²) in [6.07, 6.45) is 6.52. The Balaban J connectivity index is 1.40. The van der Waals surface area contributed by atoms with Crippen molar-refractivity contribution in [1.29, 1.82) is 0 Å². The quantitative estimate of drug-likeness (QED) is 0.677. The number of nitrogens with zero attached hydrogens (tertiary/aromatic N) is 2. The van der Waals surface area contributed by atoms with Crippen LogP contribution >= 0.6 is 0 Å². The molecule has 0 bridgehead atoms. The van der Waals surface area contributed by atoms with E-state index in [0.717, 1.165) is 51.6 Å². The Morgan fingerprint density at radius 2 is 1.83 bits per heavy atom. The summed E-state index contributed by atoms with van der Waals surface area (Å²) >= 11 is 0. The SMILES string of the molecule is CCOC(=O)CCNC(=O)N1CCC2(CC1)CC(CC(=O)N1CCCC1)CCO2. The van der Waals surface area contributed by atoms with Crippen molar-refractivity contribution in [1.82, 2.24) is 15.1 Å². The van der Waals surface area contributed by atoms with E-state index in [9.17, 15) is 14.4 Å². The fourth-order valence-electron chi connectivity index (χ4n) is 4.73. The molecule has 0 aliphatic carbocycles. The predicted molar refractivity (Wildman–Crippen MR) is 107 cm³/mol. The molecule has 3 fully saturated rings. The lowest BCUT2D eigenvalue weighted by atomic mass is 9.78. The van der Waals surface area contributed by atoms with Gasteiger partial charge >= 0.3 is 12.0 Å². The summed E-state index contributed by atoms with van der Waals surface area (Å²) in [5, 5.41) is 2.79. The van der Waals surface area contributed by atoms with E-state index in [0.29, 0.717) is 44.5 Å². The van der Waals surface area contributed by atoms with Gasteiger partial charge in [0.1, 0.15) is 0 Å². The third-order valence-corrected chi connectivity index (χ3v) is 6.39. The van der Waals surface area contributed by atoms with Gasteiger partial charge in [-0.2, -0.15) is 0 Å². The van der Waals surface area contributed by atoms with Crippen LogP contribution in [0.15, 0.2) is 0 Å². The molecule has 29 heavy (non-hydrogen) atoms. The van der Waals surface area contributed by atoms with Gasteiger partial charge in [-0.25, -0.2) is 4.79 Å². The first-order chi connectivity index (χ1) is 14.0. The van der Waals surface area contributed by atoms with E-state index >= 15 is 0 Å². The zero-order valence-electron chi connectivity index (χ0n) is 17.6. The molecule has 0 saturated carbocycles. The van der Waals surface area contributed by atoms with Gasteiger partial charge in [-0.1, -0.05) is 0 Å². The molecule has 3 rings (SSSR count). The van der Waals surface area contributed by atoms with Crippen LogP contribution < -0.4 is 5.32 Å². The van der Waals surface area contributed by atoms with Gasteiger partial charge in [0.2, 0.25) is 5.91 Å². The number of likely N-dealkylation sites (tertiary alicyclic amines) is 2. The number of hydrogen-bond acceptors (Lipinski definition) is 5. The van der Waals surface area contributed by atoms with Crippen molar-refractivity contribution < 1.29 is 23.9 Å². The molecule has 1 unspecified atom stereocenters. The van der Waals surface area contributed by atoms with Gasteiger partial charge in [0, 0.05) is 45.8 Å². The molecule has 3 aliphatic heterocycles. The average Bonchev–Trinajstić information content (AvgIpc) is 3.24. The molecule has 1 atom stereocenters. The highest BCUT2D eigenvalue weighted by atomic mass is 16.5. The maximum atomic E-state index is 12.5. The second-order valence-corrected chi connectivity index (χ2v) is 8.46. The maximum Gasteiger partial charge on any atom is 0.317 e. The summed E-state index contributed by atoms with van der Waals surface area (Å²) in [7, 11) is 0. The summed E-state index contributed by atoms with van der Waals surface area (Å²) in [6.45, 7) is 6.20. The Bertz CT molecular complexity index is 583. The number of amides is 3. The lowest BCUT2D eigenvalue weighted by Crippen LogP contribution is -2.53. The van der Waals surface area contributed by atoms with Crippen LogP contribution in [0.2, 0.25) is 0 Å². The zero-order chi connectivity index (χ0) is 20.7. The highest BCUT2D eigenvalue weighted by Crippen LogP contribution is 2.39. The number of nitrogens with one attached hydrogen (secondary N) is 1. The number of ether oxygens (including phenoxy) is 2. The van der Waals surface area contributed by atoms with Crippen molar-refractivity contribution in [2.45, 2.75) is 63.9 Å². The summed E-state index contributed by atoms with van der Waals surface area (Å²) in [5.74, 6) is 0.375. The normalized spacial score (nSPS) is 23.8. The minimum absolute atomic E-state index is 0.138. The van der Waals surface area contributed by atoms with Crippen molar-refractivity contribution in [3.8, 4) is 0 Å².